The van der Waals surface area contributed by atoms with Crippen molar-refractivity contribution in [2.75, 3.05) is 7.11 Å². The van der Waals surface area contributed by atoms with Crippen molar-refractivity contribution in [3.8, 4) is 0 Å². The maximum absolute atomic E-state index is 11.8. The molecule has 6 heteroatoms. The minimum Gasteiger partial charge on any atom is -0.465 e. The predicted molar refractivity (Wildman–Crippen MR) is 78.5 cm³/mol. The Hall–Kier alpha value is -3.02. The molecule has 0 saturated carbocycles. The first-order valence-electron chi connectivity index (χ1n) is 6.50. The van der Waals surface area contributed by atoms with Crippen molar-refractivity contribution in [2.45, 2.75) is 6.61 Å². The van der Waals surface area contributed by atoms with Gasteiger partial charge < -0.3 is 13.9 Å². The van der Waals surface area contributed by atoms with Gasteiger partial charge in [-0.25, -0.2) is 9.59 Å². The van der Waals surface area contributed by atoms with Gasteiger partial charge >= 0.3 is 12.1 Å². The fourth-order valence-corrected chi connectivity index (χ4v) is 1.64. The number of hydrogen-bond acceptors (Lipinski definition) is 5. The molecule has 114 valence electrons. The highest BCUT2D eigenvalue weighted by atomic mass is 16.6. The third-order valence-electron chi connectivity index (χ3n) is 2.68. The molecule has 0 radical (unpaired) electrons. The van der Waals surface area contributed by atoms with Crippen LogP contribution in [-0.2, 0) is 20.9 Å². The number of benzene rings is 1. The Morgan fingerprint density at radius 1 is 1.18 bits per heavy atom. The molecule has 0 spiro atoms. The SMILES string of the molecule is COC(=O)/C(=C/c1ccco1)NC(=O)OCc1ccccc1. The van der Waals surface area contributed by atoms with E-state index in [4.69, 9.17) is 9.15 Å². The number of esters is 1. The van der Waals surface area contributed by atoms with Gasteiger partial charge in [-0.15, -0.1) is 0 Å². The molecule has 0 atom stereocenters. The summed E-state index contributed by atoms with van der Waals surface area (Å²) in [5, 5.41) is 2.34. The van der Waals surface area contributed by atoms with Crippen molar-refractivity contribution in [1.29, 1.82) is 0 Å². The minimum absolute atomic E-state index is 0.0736. The lowest BCUT2D eigenvalue weighted by molar-refractivity contribution is -0.136. The Morgan fingerprint density at radius 3 is 2.59 bits per heavy atom. The van der Waals surface area contributed by atoms with Crippen LogP contribution in [0.5, 0.6) is 0 Å². The molecule has 1 aromatic heterocycles. The molecule has 2 aromatic rings. The maximum atomic E-state index is 11.8. The first-order valence-corrected chi connectivity index (χ1v) is 6.50. The smallest absolute Gasteiger partial charge is 0.412 e. The molecule has 0 fully saturated rings. The van der Waals surface area contributed by atoms with E-state index in [0.717, 1.165) is 5.56 Å². The van der Waals surface area contributed by atoms with Crippen LogP contribution in [0.3, 0.4) is 0 Å². The zero-order chi connectivity index (χ0) is 15.8. The molecule has 2 rings (SSSR count). The molecule has 0 unspecified atom stereocenters. The number of rotatable bonds is 5. The molecule has 1 amide bonds. The average Bonchev–Trinajstić information content (AvgIpc) is 3.05. The Morgan fingerprint density at radius 2 is 1.95 bits per heavy atom. The number of amides is 1. The van der Waals surface area contributed by atoms with Gasteiger partial charge in [0.1, 0.15) is 18.1 Å². The van der Waals surface area contributed by atoms with Crippen LogP contribution in [0.25, 0.3) is 6.08 Å². The van der Waals surface area contributed by atoms with Gasteiger partial charge in [-0.1, -0.05) is 30.3 Å². The summed E-state index contributed by atoms with van der Waals surface area (Å²) in [6, 6.07) is 12.5. The Labute approximate surface area is 127 Å². The van der Waals surface area contributed by atoms with Crippen molar-refractivity contribution >= 4 is 18.1 Å². The highest BCUT2D eigenvalue weighted by Crippen LogP contribution is 2.08. The second kappa shape index (κ2) is 7.68. The molecule has 22 heavy (non-hydrogen) atoms. The monoisotopic (exact) mass is 301 g/mol. The lowest BCUT2D eigenvalue weighted by Gasteiger charge is -2.08. The van der Waals surface area contributed by atoms with Crippen LogP contribution in [-0.4, -0.2) is 19.2 Å². The first-order chi connectivity index (χ1) is 10.7. The number of ether oxygens (including phenoxy) is 2. The molecule has 0 bridgehead atoms. The number of alkyl carbamates (subject to hydrolysis) is 1. The average molecular weight is 301 g/mol. The van der Waals surface area contributed by atoms with Crippen LogP contribution in [0.4, 0.5) is 4.79 Å². The van der Waals surface area contributed by atoms with Crippen molar-refractivity contribution in [2.24, 2.45) is 0 Å². The minimum atomic E-state index is -0.757. The van der Waals surface area contributed by atoms with Gasteiger partial charge in [0.15, 0.2) is 0 Å². The van der Waals surface area contributed by atoms with Crippen molar-refractivity contribution < 1.29 is 23.5 Å². The molecule has 1 heterocycles. The van der Waals surface area contributed by atoms with Gasteiger partial charge in [-0.05, 0) is 17.7 Å². The van der Waals surface area contributed by atoms with E-state index in [-0.39, 0.29) is 12.3 Å². The van der Waals surface area contributed by atoms with E-state index in [2.05, 4.69) is 10.1 Å². The van der Waals surface area contributed by atoms with Crippen LogP contribution in [0.2, 0.25) is 0 Å². The van der Waals surface area contributed by atoms with Crippen LogP contribution in [0, 0.1) is 0 Å². The van der Waals surface area contributed by atoms with E-state index in [1.165, 1.54) is 19.4 Å². The third kappa shape index (κ3) is 4.52. The number of furan rings is 1. The predicted octanol–water partition coefficient (Wildman–Crippen LogP) is 2.72. The van der Waals surface area contributed by atoms with E-state index >= 15 is 0 Å². The number of methoxy groups -OCH3 is 1. The highest BCUT2D eigenvalue weighted by Gasteiger charge is 2.15. The summed E-state index contributed by atoms with van der Waals surface area (Å²) in [6.45, 7) is 0.0991. The summed E-state index contributed by atoms with van der Waals surface area (Å²) >= 11 is 0. The van der Waals surface area contributed by atoms with Gasteiger partial charge in [0.25, 0.3) is 0 Å². The molecule has 1 aromatic carbocycles. The molecule has 0 saturated heterocycles. The second-order valence-corrected chi connectivity index (χ2v) is 4.25. The lowest BCUT2D eigenvalue weighted by Crippen LogP contribution is -2.28. The van der Waals surface area contributed by atoms with Crippen molar-refractivity contribution in [3.05, 3.63) is 65.7 Å². The third-order valence-corrected chi connectivity index (χ3v) is 2.68. The fraction of sp³-hybridized carbons (Fsp3) is 0.125. The molecule has 0 aliphatic carbocycles. The van der Waals surface area contributed by atoms with Crippen LogP contribution >= 0.6 is 0 Å². The van der Waals surface area contributed by atoms with E-state index in [1.54, 1.807) is 12.1 Å². The van der Waals surface area contributed by atoms with Gasteiger partial charge in [0.05, 0.1) is 13.4 Å². The maximum Gasteiger partial charge on any atom is 0.412 e. The van der Waals surface area contributed by atoms with Gasteiger partial charge in [0, 0.05) is 6.08 Å². The second-order valence-electron chi connectivity index (χ2n) is 4.25. The summed E-state index contributed by atoms with van der Waals surface area (Å²) in [7, 11) is 1.22. The Kier molecular flexibility index (Phi) is 5.37. The molecular weight excluding hydrogens is 286 g/mol. The number of carbonyl (C=O) groups is 2. The first kappa shape index (κ1) is 15.4. The highest BCUT2D eigenvalue weighted by molar-refractivity contribution is 5.96. The normalized spacial score (nSPS) is 10.9. The van der Waals surface area contributed by atoms with Crippen LogP contribution in [0.1, 0.15) is 11.3 Å². The zero-order valence-electron chi connectivity index (χ0n) is 11.9. The van der Waals surface area contributed by atoms with E-state index in [1.807, 2.05) is 30.3 Å². The molecule has 6 nitrogen and oxygen atoms in total. The van der Waals surface area contributed by atoms with E-state index < -0.39 is 12.1 Å². The van der Waals surface area contributed by atoms with Crippen molar-refractivity contribution in [3.63, 3.8) is 0 Å². The zero-order valence-corrected chi connectivity index (χ0v) is 11.9. The standard InChI is InChI=1S/C16H15NO5/c1-20-15(18)14(10-13-8-5-9-21-13)17-16(19)22-11-12-6-3-2-4-7-12/h2-10H,11H2,1H3,(H,17,19)/b14-10-. The topological polar surface area (TPSA) is 77.8 Å². The van der Waals surface area contributed by atoms with Crippen molar-refractivity contribution in [1.82, 2.24) is 5.32 Å². The van der Waals surface area contributed by atoms with Gasteiger partial charge in [-0.3, -0.25) is 5.32 Å². The Balaban J connectivity index is 1.98. The van der Waals surface area contributed by atoms with Gasteiger partial charge in [0.2, 0.25) is 0 Å². The summed E-state index contributed by atoms with van der Waals surface area (Å²) in [4.78, 5) is 23.4. The summed E-state index contributed by atoms with van der Waals surface area (Å²) in [6.07, 6.45) is 2.05. The number of hydrogen-bond donors (Lipinski definition) is 1. The summed E-state index contributed by atoms with van der Waals surface area (Å²) in [5.74, 6) is -0.295. The fourth-order valence-electron chi connectivity index (χ4n) is 1.64. The largest absolute Gasteiger partial charge is 0.465 e. The molecule has 1 N–H and O–H groups in total. The number of nitrogens with one attached hydrogen (secondary N) is 1. The summed E-state index contributed by atoms with van der Waals surface area (Å²) < 4.78 is 14.7. The van der Waals surface area contributed by atoms with E-state index in [9.17, 15) is 9.59 Å². The van der Waals surface area contributed by atoms with Crippen LogP contribution < -0.4 is 5.32 Å². The van der Waals surface area contributed by atoms with Crippen LogP contribution in [0.15, 0.2) is 58.8 Å². The molecule has 0 aliphatic heterocycles. The number of carbonyl (C=O) groups excluding carboxylic acids is 2. The van der Waals surface area contributed by atoms with Gasteiger partial charge in [-0.2, -0.15) is 0 Å². The Bertz CT molecular complexity index is 646. The van der Waals surface area contributed by atoms with E-state index in [0.29, 0.717) is 5.76 Å². The molecule has 0 aliphatic rings. The summed E-state index contributed by atoms with van der Waals surface area (Å²) in [5.41, 5.74) is 0.766. The molecular formula is C16H15NO5. The lowest BCUT2D eigenvalue weighted by atomic mass is 10.2. The quantitative estimate of drug-likeness (QED) is 0.678.